The number of benzene rings is 4. The number of methoxy groups -OCH3 is 1. The standard InChI is InChI=1S/C30H33NO3/c1-21-17-24(32)18-23-19-28(29-20-26(33-2)11-12-27(29)30(21)23)22-7-9-25(10-8-22)34-16-6-15-31-13-4-3-5-14-31/h7-12,17-20,32H,3-6,13-16H2,1-2H3. The van der Waals surface area contributed by atoms with Crippen LogP contribution in [0.1, 0.15) is 31.2 Å². The van der Waals surface area contributed by atoms with Crippen molar-refractivity contribution in [2.75, 3.05) is 33.4 Å². The molecule has 1 aliphatic heterocycles. The van der Waals surface area contributed by atoms with E-state index in [-0.39, 0.29) is 5.75 Å². The summed E-state index contributed by atoms with van der Waals surface area (Å²) in [6.07, 6.45) is 5.09. The Morgan fingerprint density at radius 2 is 1.62 bits per heavy atom. The maximum Gasteiger partial charge on any atom is 0.119 e. The third-order valence-electron chi connectivity index (χ3n) is 6.94. The fourth-order valence-corrected chi connectivity index (χ4v) is 5.23. The van der Waals surface area contributed by atoms with Crippen molar-refractivity contribution in [3.63, 3.8) is 0 Å². The molecule has 1 saturated heterocycles. The average Bonchev–Trinajstić information content (AvgIpc) is 2.86. The molecule has 1 heterocycles. The largest absolute Gasteiger partial charge is 0.508 e. The Morgan fingerprint density at radius 1 is 0.853 bits per heavy atom. The molecule has 5 rings (SSSR count). The van der Waals surface area contributed by atoms with Gasteiger partial charge in [0.25, 0.3) is 0 Å². The number of rotatable bonds is 7. The highest BCUT2D eigenvalue weighted by Gasteiger charge is 2.13. The highest BCUT2D eigenvalue weighted by molar-refractivity contribution is 6.15. The lowest BCUT2D eigenvalue weighted by Crippen LogP contribution is -2.31. The zero-order valence-corrected chi connectivity index (χ0v) is 20.1. The van der Waals surface area contributed by atoms with E-state index in [9.17, 15) is 5.11 Å². The van der Waals surface area contributed by atoms with Crippen molar-refractivity contribution in [1.82, 2.24) is 4.90 Å². The van der Waals surface area contributed by atoms with Crippen molar-refractivity contribution in [3.05, 3.63) is 66.2 Å². The van der Waals surface area contributed by atoms with E-state index >= 15 is 0 Å². The summed E-state index contributed by atoms with van der Waals surface area (Å²) in [5.74, 6) is 2.02. The molecule has 34 heavy (non-hydrogen) atoms. The van der Waals surface area contributed by atoms with Crippen LogP contribution in [-0.2, 0) is 0 Å². The van der Waals surface area contributed by atoms with E-state index in [1.165, 1.54) is 32.4 Å². The Hall–Kier alpha value is -3.24. The van der Waals surface area contributed by atoms with Crippen LogP contribution in [0.4, 0.5) is 0 Å². The maximum absolute atomic E-state index is 10.2. The van der Waals surface area contributed by atoms with E-state index in [2.05, 4.69) is 47.4 Å². The molecule has 4 heteroatoms. The van der Waals surface area contributed by atoms with Crippen LogP contribution in [0.3, 0.4) is 0 Å². The summed E-state index contributed by atoms with van der Waals surface area (Å²) >= 11 is 0. The summed E-state index contributed by atoms with van der Waals surface area (Å²) in [6, 6.07) is 20.4. The van der Waals surface area contributed by atoms with Crippen LogP contribution in [-0.4, -0.2) is 43.4 Å². The molecule has 1 N–H and O–H groups in total. The van der Waals surface area contributed by atoms with Crippen LogP contribution in [0, 0.1) is 6.92 Å². The Bertz CT molecular complexity index is 1290. The number of hydrogen-bond acceptors (Lipinski definition) is 4. The van der Waals surface area contributed by atoms with Gasteiger partial charge in [-0.25, -0.2) is 0 Å². The zero-order chi connectivity index (χ0) is 23.5. The summed E-state index contributed by atoms with van der Waals surface area (Å²) in [6.45, 7) is 6.37. The third kappa shape index (κ3) is 4.69. The van der Waals surface area contributed by atoms with Gasteiger partial charge in [0.1, 0.15) is 17.2 Å². The molecular weight excluding hydrogens is 422 g/mol. The molecule has 0 aliphatic carbocycles. The quantitative estimate of drug-likeness (QED) is 0.242. The lowest BCUT2D eigenvalue weighted by Gasteiger charge is -2.26. The van der Waals surface area contributed by atoms with Crippen LogP contribution in [0.15, 0.2) is 60.7 Å². The smallest absolute Gasteiger partial charge is 0.119 e. The number of aromatic hydroxyl groups is 1. The molecule has 1 fully saturated rings. The highest BCUT2D eigenvalue weighted by Crippen LogP contribution is 2.39. The molecule has 4 nitrogen and oxygen atoms in total. The van der Waals surface area contributed by atoms with Gasteiger partial charge in [-0.2, -0.15) is 0 Å². The maximum atomic E-state index is 10.2. The number of likely N-dealkylation sites (tertiary alicyclic amines) is 1. The molecule has 0 saturated carbocycles. The van der Waals surface area contributed by atoms with Crippen molar-refractivity contribution < 1.29 is 14.6 Å². The number of phenolic OH excluding ortho intramolecular Hbond substituents is 1. The summed E-state index contributed by atoms with van der Waals surface area (Å²) in [4.78, 5) is 2.55. The molecular formula is C30H33NO3. The van der Waals surface area contributed by atoms with Crippen LogP contribution in [0.2, 0.25) is 0 Å². The van der Waals surface area contributed by atoms with Gasteiger partial charge in [-0.15, -0.1) is 0 Å². The predicted octanol–water partition coefficient (Wildman–Crippen LogP) is 6.94. The van der Waals surface area contributed by atoms with Gasteiger partial charge in [0.15, 0.2) is 0 Å². The van der Waals surface area contributed by atoms with E-state index in [0.717, 1.165) is 69.3 Å². The first kappa shape index (κ1) is 22.5. The SMILES string of the molecule is COc1ccc2c(c1)c(-c1ccc(OCCCN3CCCCC3)cc1)cc1cc(O)cc(C)c12. The van der Waals surface area contributed by atoms with Gasteiger partial charge < -0.3 is 19.5 Å². The first-order valence-electron chi connectivity index (χ1n) is 12.3. The van der Waals surface area contributed by atoms with E-state index in [0.29, 0.717) is 0 Å². The summed E-state index contributed by atoms with van der Waals surface area (Å²) in [5, 5.41) is 14.7. The minimum absolute atomic E-state index is 0.289. The number of nitrogens with zero attached hydrogens (tertiary/aromatic N) is 1. The van der Waals surface area contributed by atoms with Crippen molar-refractivity contribution in [1.29, 1.82) is 0 Å². The summed E-state index contributed by atoms with van der Waals surface area (Å²) < 4.78 is 11.6. The molecule has 1 aliphatic rings. The third-order valence-corrected chi connectivity index (χ3v) is 6.94. The van der Waals surface area contributed by atoms with Gasteiger partial charge >= 0.3 is 0 Å². The Balaban J connectivity index is 1.41. The summed E-state index contributed by atoms with van der Waals surface area (Å²) in [5.41, 5.74) is 3.29. The van der Waals surface area contributed by atoms with E-state index in [1.807, 2.05) is 25.1 Å². The highest BCUT2D eigenvalue weighted by atomic mass is 16.5. The average molecular weight is 456 g/mol. The number of ether oxygens (including phenoxy) is 2. The predicted molar refractivity (Wildman–Crippen MR) is 140 cm³/mol. The number of fused-ring (bicyclic) bond motifs is 3. The first-order valence-corrected chi connectivity index (χ1v) is 12.3. The fourth-order valence-electron chi connectivity index (χ4n) is 5.23. The van der Waals surface area contributed by atoms with Crippen LogP contribution in [0.5, 0.6) is 17.2 Å². The number of aryl methyl sites for hydroxylation is 1. The second-order valence-corrected chi connectivity index (χ2v) is 9.33. The van der Waals surface area contributed by atoms with Crippen LogP contribution in [0.25, 0.3) is 32.7 Å². The second-order valence-electron chi connectivity index (χ2n) is 9.33. The minimum atomic E-state index is 0.289. The van der Waals surface area contributed by atoms with Crippen LogP contribution >= 0.6 is 0 Å². The van der Waals surface area contributed by atoms with Crippen molar-refractivity contribution in [2.45, 2.75) is 32.6 Å². The Kier molecular flexibility index (Phi) is 6.59. The number of hydrogen-bond donors (Lipinski definition) is 1. The lowest BCUT2D eigenvalue weighted by atomic mass is 9.91. The van der Waals surface area contributed by atoms with E-state index < -0.39 is 0 Å². The topological polar surface area (TPSA) is 41.9 Å². The number of piperidine rings is 1. The van der Waals surface area contributed by atoms with Crippen LogP contribution < -0.4 is 9.47 Å². The minimum Gasteiger partial charge on any atom is -0.508 e. The zero-order valence-electron chi connectivity index (χ0n) is 20.1. The van der Waals surface area contributed by atoms with Gasteiger partial charge in [-0.05, 0) is 120 Å². The van der Waals surface area contributed by atoms with E-state index in [4.69, 9.17) is 9.47 Å². The molecule has 4 aromatic carbocycles. The van der Waals surface area contributed by atoms with Gasteiger partial charge in [0, 0.05) is 6.54 Å². The molecule has 0 radical (unpaired) electrons. The first-order chi connectivity index (χ1) is 16.6. The van der Waals surface area contributed by atoms with Gasteiger partial charge in [-0.3, -0.25) is 0 Å². The van der Waals surface area contributed by atoms with Gasteiger partial charge in [0.05, 0.1) is 13.7 Å². The molecule has 0 unspecified atom stereocenters. The normalized spacial score (nSPS) is 14.5. The van der Waals surface area contributed by atoms with Gasteiger partial charge in [0.2, 0.25) is 0 Å². The fraction of sp³-hybridized carbons (Fsp3) is 0.333. The molecule has 0 aromatic heterocycles. The summed E-state index contributed by atoms with van der Waals surface area (Å²) in [7, 11) is 1.70. The number of phenols is 1. The van der Waals surface area contributed by atoms with Crippen molar-refractivity contribution in [3.8, 4) is 28.4 Å². The molecule has 4 aromatic rings. The van der Waals surface area contributed by atoms with Crippen molar-refractivity contribution in [2.24, 2.45) is 0 Å². The van der Waals surface area contributed by atoms with E-state index in [1.54, 1.807) is 7.11 Å². The molecule has 0 amide bonds. The molecule has 0 spiro atoms. The molecule has 176 valence electrons. The Morgan fingerprint density at radius 3 is 2.38 bits per heavy atom. The van der Waals surface area contributed by atoms with Gasteiger partial charge in [-0.1, -0.05) is 24.6 Å². The second kappa shape index (κ2) is 9.94. The monoisotopic (exact) mass is 455 g/mol. The molecule has 0 bridgehead atoms. The van der Waals surface area contributed by atoms with Crippen molar-refractivity contribution >= 4 is 21.5 Å². The Labute approximate surface area is 201 Å². The lowest BCUT2D eigenvalue weighted by molar-refractivity contribution is 0.205. The molecule has 0 atom stereocenters.